The lowest BCUT2D eigenvalue weighted by Crippen LogP contribution is -2.51. The lowest BCUT2D eigenvalue weighted by Gasteiger charge is -2.37. The summed E-state index contributed by atoms with van der Waals surface area (Å²) in [6, 6.07) is 17.9. The summed E-state index contributed by atoms with van der Waals surface area (Å²) in [5.41, 5.74) is 7.55. The molecule has 1 saturated heterocycles. The number of hydrogen-bond acceptors (Lipinski definition) is 7. The Hall–Kier alpha value is -4.48. The summed E-state index contributed by atoms with van der Waals surface area (Å²) < 4.78 is 42.6. The number of nitrogens with two attached hydrogens (primary N) is 1. The van der Waals surface area contributed by atoms with Crippen molar-refractivity contribution >= 4 is 5.69 Å². The number of hydrogen-bond donors (Lipinski definition) is 1. The molecular formula is C33H37F2N5O4. The van der Waals surface area contributed by atoms with Gasteiger partial charge in [0.25, 0.3) is 5.56 Å². The van der Waals surface area contributed by atoms with Crippen LogP contribution in [0.4, 0.5) is 14.5 Å². The maximum absolute atomic E-state index is 14.7. The molecule has 0 amide bonds. The van der Waals surface area contributed by atoms with Crippen molar-refractivity contribution in [3.8, 4) is 11.5 Å². The summed E-state index contributed by atoms with van der Waals surface area (Å²) >= 11 is 0. The van der Waals surface area contributed by atoms with Crippen molar-refractivity contribution in [2.75, 3.05) is 45.3 Å². The highest BCUT2D eigenvalue weighted by molar-refractivity contribution is 5.50. The second-order valence-corrected chi connectivity index (χ2v) is 10.9. The zero-order valence-corrected chi connectivity index (χ0v) is 25.1. The van der Waals surface area contributed by atoms with Crippen LogP contribution in [0.15, 0.2) is 76.3 Å². The van der Waals surface area contributed by atoms with E-state index in [0.29, 0.717) is 55.6 Å². The number of rotatable bonds is 10. The first-order valence-electron chi connectivity index (χ1n) is 14.5. The Kier molecular flexibility index (Phi) is 9.46. The Morgan fingerprint density at radius 2 is 1.48 bits per heavy atom. The van der Waals surface area contributed by atoms with Gasteiger partial charge in [-0.25, -0.2) is 13.6 Å². The fourth-order valence-electron chi connectivity index (χ4n) is 5.71. The summed E-state index contributed by atoms with van der Waals surface area (Å²) in [4.78, 5) is 32.0. The molecule has 1 fully saturated rings. The monoisotopic (exact) mass is 605 g/mol. The van der Waals surface area contributed by atoms with Crippen molar-refractivity contribution in [1.82, 2.24) is 14.0 Å². The molecular weight excluding hydrogens is 568 g/mol. The molecule has 0 radical (unpaired) electrons. The molecule has 5 rings (SSSR count). The van der Waals surface area contributed by atoms with E-state index in [-0.39, 0.29) is 18.7 Å². The standard InChI is InChI=1S/C33H37F2N5O4/c1-22-31(38-16-14-37(15-17-38)19-23-12-13-29(43-2)30(18-23)44-3)32(41)40(21-28(36)24-8-5-4-6-9-24)33(42)39(22)20-25-26(34)10-7-11-27(25)35/h4-13,18,28H,14-17,19-21,36H2,1-3H3/t28-/m1/s1. The molecule has 2 N–H and O–H groups in total. The van der Waals surface area contributed by atoms with Crippen LogP contribution in [0.1, 0.15) is 28.4 Å². The first-order chi connectivity index (χ1) is 21.2. The third-order valence-corrected chi connectivity index (χ3v) is 8.18. The lowest BCUT2D eigenvalue weighted by molar-refractivity contribution is 0.248. The van der Waals surface area contributed by atoms with E-state index in [1.54, 1.807) is 21.1 Å². The number of nitrogens with zero attached hydrogens (tertiary/aromatic N) is 4. The minimum Gasteiger partial charge on any atom is -0.493 e. The topological polar surface area (TPSA) is 95.0 Å². The van der Waals surface area contributed by atoms with Crippen LogP contribution in [0.5, 0.6) is 11.5 Å². The summed E-state index contributed by atoms with van der Waals surface area (Å²) in [6.45, 7) is 4.20. The van der Waals surface area contributed by atoms with Crippen molar-refractivity contribution in [2.24, 2.45) is 5.73 Å². The molecule has 0 unspecified atom stereocenters. The molecule has 4 aromatic rings. The summed E-state index contributed by atoms with van der Waals surface area (Å²) in [7, 11) is 3.19. The fraction of sp³-hybridized carbons (Fsp3) is 0.333. The maximum atomic E-state index is 14.7. The van der Waals surface area contributed by atoms with E-state index >= 15 is 0 Å². The van der Waals surface area contributed by atoms with Crippen LogP contribution >= 0.6 is 0 Å². The molecule has 2 heterocycles. The van der Waals surface area contributed by atoms with Gasteiger partial charge in [-0.05, 0) is 42.3 Å². The van der Waals surface area contributed by atoms with E-state index in [2.05, 4.69) is 4.90 Å². The predicted molar refractivity (Wildman–Crippen MR) is 166 cm³/mol. The fourth-order valence-corrected chi connectivity index (χ4v) is 5.71. The van der Waals surface area contributed by atoms with Crippen molar-refractivity contribution < 1.29 is 18.3 Å². The third kappa shape index (κ3) is 6.39. The molecule has 0 aliphatic carbocycles. The molecule has 1 aliphatic heterocycles. The Morgan fingerprint density at radius 3 is 2.11 bits per heavy atom. The maximum Gasteiger partial charge on any atom is 0.331 e. The van der Waals surface area contributed by atoms with Gasteiger partial charge in [0.2, 0.25) is 0 Å². The molecule has 0 spiro atoms. The first kappa shape index (κ1) is 31.0. The molecule has 3 aromatic carbocycles. The number of halogens is 2. The van der Waals surface area contributed by atoms with E-state index in [1.807, 2.05) is 53.4 Å². The van der Waals surface area contributed by atoms with Gasteiger partial charge < -0.3 is 20.1 Å². The highest BCUT2D eigenvalue weighted by Crippen LogP contribution is 2.28. The predicted octanol–water partition coefficient (Wildman–Crippen LogP) is 3.68. The summed E-state index contributed by atoms with van der Waals surface area (Å²) in [6.07, 6.45) is 0. The van der Waals surface area contributed by atoms with E-state index in [9.17, 15) is 18.4 Å². The zero-order chi connectivity index (χ0) is 31.4. The first-order valence-corrected chi connectivity index (χ1v) is 14.5. The van der Waals surface area contributed by atoms with Gasteiger partial charge in [-0.15, -0.1) is 0 Å². The van der Waals surface area contributed by atoms with Crippen LogP contribution in [-0.2, 0) is 19.6 Å². The highest BCUT2D eigenvalue weighted by atomic mass is 19.1. The average molecular weight is 606 g/mol. The number of anilines is 1. The number of ether oxygens (including phenoxy) is 2. The Balaban J connectivity index is 1.46. The molecule has 1 atom stereocenters. The van der Waals surface area contributed by atoms with Gasteiger partial charge in [0.05, 0.1) is 27.3 Å². The Morgan fingerprint density at radius 1 is 0.818 bits per heavy atom. The third-order valence-electron chi connectivity index (χ3n) is 8.18. The minimum absolute atomic E-state index is 0.0893. The normalized spacial score (nSPS) is 14.5. The van der Waals surface area contributed by atoms with Crippen molar-refractivity contribution in [1.29, 1.82) is 0 Å². The summed E-state index contributed by atoms with van der Waals surface area (Å²) in [5, 5.41) is 0. The van der Waals surface area contributed by atoms with Crippen LogP contribution in [0.3, 0.4) is 0 Å². The van der Waals surface area contributed by atoms with Gasteiger partial charge in [0.15, 0.2) is 11.5 Å². The van der Waals surface area contributed by atoms with Gasteiger partial charge in [0.1, 0.15) is 17.3 Å². The number of benzene rings is 3. The van der Waals surface area contributed by atoms with E-state index in [0.717, 1.165) is 27.8 Å². The molecule has 0 bridgehead atoms. The molecule has 1 aliphatic rings. The number of piperazine rings is 1. The Bertz CT molecular complexity index is 1710. The lowest BCUT2D eigenvalue weighted by atomic mass is 10.1. The van der Waals surface area contributed by atoms with Gasteiger partial charge in [-0.3, -0.25) is 18.8 Å². The number of aromatic nitrogens is 2. The van der Waals surface area contributed by atoms with Crippen LogP contribution in [0.2, 0.25) is 0 Å². The largest absolute Gasteiger partial charge is 0.493 e. The highest BCUT2D eigenvalue weighted by Gasteiger charge is 2.27. The van der Waals surface area contributed by atoms with Gasteiger partial charge in [-0.1, -0.05) is 42.5 Å². The van der Waals surface area contributed by atoms with Gasteiger partial charge >= 0.3 is 5.69 Å². The van der Waals surface area contributed by atoms with Crippen LogP contribution in [-0.4, -0.2) is 54.4 Å². The van der Waals surface area contributed by atoms with E-state index in [4.69, 9.17) is 15.2 Å². The minimum atomic E-state index is -0.764. The smallest absolute Gasteiger partial charge is 0.331 e. The average Bonchev–Trinajstić information content (AvgIpc) is 3.03. The molecule has 0 saturated carbocycles. The second kappa shape index (κ2) is 13.4. The molecule has 1 aromatic heterocycles. The van der Waals surface area contributed by atoms with Crippen LogP contribution in [0, 0.1) is 18.6 Å². The molecule has 11 heteroatoms. The second-order valence-electron chi connectivity index (χ2n) is 10.9. The molecule has 9 nitrogen and oxygen atoms in total. The molecule has 44 heavy (non-hydrogen) atoms. The van der Waals surface area contributed by atoms with E-state index in [1.165, 1.54) is 10.6 Å². The zero-order valence-electron chi connectivity index (χ0n) is 25.1. The van der Waals surface area contributed by atoms with E-state index < -0.39 is 28.9 Å². The SMILES string of the molecule is COc1ccc(CN2CCN(c3c(C)n(Cc4c(F)cccc4F)c(=O)n(C[C@@H](N)c4ccccc4)c3=O)CC2)cc1OC. The quantitative estimate of drug-likeness (QED) is 0.295. The van der Waals surface area contributed by atoms with Crippen molar-refractivity contribution in [3.05, 3.63) is 122 Å². The van der Waals surface area contributed by atoms with Gasteiger partial charge in [0, 0.05) is 50.0 Å². The van der Waals surface area contributed by atoms with Gasteiger partial charge in [-0.2, -0.15) is 0 Å². The van der Waals surface area contributed by atoms with Crippen LogP contribution < -0.4 is 31.4 Å². The van der Waals surface area contributed by atoms with Crippen molar-refractivity contribution in [2.45, 2.75) is 32.6 Å². The number of methoxy groups -OCH3 is 2. The van der Waals surface area contributed by atoms with Crippen molar-refractivity contribution in [3.63, 3.8) is 0 Å². The summed E-state index contributed by atoms with van der Waals surface area (Å²) in [5.74, 6) is -0.215. The van der Waals surface area contributed by atoms with Crippen LogP contribution in [0.25, 0.3) is 0 Å². The Labute approximate surface area is 254 Å². The molecule has 232 valence electrons.